The number of carbonyl (C=O) groups is 4. The SMILES string of the molecule is CC[C@H](C)[C@H](NC(=O)OC(C)(C)C)C(=O)N[C@@H](CC(=O)O)C(N)=O. The molecule has 24 heavy (non-hydrogen) atoms. The number of amides is 3. The van der Waals surface area contributed by atoms with E-state index in [9.17, 15) is 19.2 Å². The van der Waals surface area contributed by atoms with Crippen molar-refractivity contribution >= 4 is 23.9 Å². The van der Waals surface area contributed by atoms with Gasteiger partial charge in [0.25, 0.3) is 0 Å². The summed E-state index contributed by atoms with van der Waals surface area (Å²) in [5, 5.41) is 13.5. The molecule has 9 nitrogen and oxygen atoms in total. The highest BCUT2D eigenvalue weighted by Gasteiger charge is 2.31. The van der Waals surface area contributed by atoms with E-state index in [2.05, 4.69) is 10.6 Å². The fourth-order valence-corrected chi connectivity index (χ4v) is 1.80. The van der Waals surface area contributed by atoms with Crippen LogP contribution in [0.4, 0.5) is 4.79 Å². The number of nitrogens with one attached hydrogen (secondary N) is 2. The van der Waals surface area contributed by atoms with E-state index in [4.69, 9.17) is 15.6 Å². The molecule has 0 aliphatic rings. The van der Waals surface area contributed by atoms with E-state index >= 15 is 0 Å². The molecule has 0 aromatic heterocycles. The van der Waals surface area contributed by atoms with Gasteiger partial charge in [0.15, 0.2) is 0 Å². The lowest BCUT2D eigenvalue weighted by Gasteiger charge is -2.27. The Morgan fingerprint density at radius 3 is 2.08 bits per heavy atom. The second-order valence-electron chi connectivity index (χ2n) is 6.57. The number of primary amides is 1. The van der Waals surface area contributed by atoms with Crippen LogP contribution in [0.2, 0.25) is 0 Å². The summed E-state index contributed by atoms with van der Waals surface area (Å²) in [6, 6.07) is -2.34. The molecular weight excluding hydrogens is 318 g/mol. The van der Waals surface area contributed by atoms with E-state index in [1.54, 1.807) is 27.7 Å². The predicted octanol–water partition coefficient (Wildman–Crippen LogP) is 0.371. The van der Waals surface area contributed by atoms with Crippen LogP contribution in [0.25, 0.3) is 0 Å². The molecule has 0 saturated carbocycles. The Bertz CT molecular complexity index is 486. The molecule has 0 aromatic carbocycles. The van der Waals surface area contributed by atoms with Crippen molar-refractivity contribution in [3.63, 3.8) is 0 Å². The third-order valence-electron chi connectivity index (χ3n) is 3.21. The summed E-state index contributed by atoms with van der Waals surface area (Å²) in [4.78, 5) is 46.3. The number of hydrogen-bond donors (Lipinski definition) is 4. The van der Waals surface area contributed by atoms with Crippen molar-refractivity contribution in [3.05, 3.63) is 0 Å². The Morgan fingerprint density at radius 2 is 1.71 bits per heavy atom. The number of rotatable bonds is 8. The summed E-state index contributed by atoms with van der Waals surface area (Å²) in [6.45, 7) is 8.60. The Hall–Kier alpha value is -2.32. The summed E-state index contributed by atoms with van der Waals surface area (Å²) in [5.74, 6) is -3.21. The first kappa shape index (κ1) is 21.7. The largest absolute Gasteiger partial charge is 0.481 e. The number of carbonyl (C=O) groups excluding carboxylic acids is 3. The highest BCUT2D eigenvalue weighted by Crippen LogP contribution is 2.11. The van der Waals surface area contributed by atoms with Gasteiger partial charge in [-0.2, -0.15) is 0 Å². The summed E-state index contributed by atoms with van der Waals surface area (Å²) in [7, 11) is 0. The fourth-order valence-electron chi connectivity index (χ4n) is 1.80. The third-order valence-corrected chi connectivity index (χ3v) is 3.21. The van der Waals surface area contributed by atoms with Crippen LogP contribution in [0, 0.1) is 5.92 Å². The number of nitrogens with two attached hydrogens (primary N) is 1. The highest BCUT2D eigenvalue weighted by molar-refractivity contribution is 5.92. The number of ether oxygens (including phenoxy) is 1. The number of carboxylic acid groups (broad SMARTS) is 1. The maximum Gasteiger partial charge on any atom is 0.408 e. The summed E-state index contributed by atoms with van der Waals surface area (Å²) < 4.78 is 5.11. The average molecular weight is 345 g/mol. The van der Waals surface area contributed by atoms with Gasteiger partial charge in [-0.3, -0.25) is 14.4 Å². The number of aliphatic carboxylic acids is 1. The molecule has 9 heteroatoms. The van der Waals surface area contributed by atoms with Crippen LogP contribution in [0.15, 0.2) is 0 Å². The monoisotopic (exact) mass is 345 g/mol. The van der Waals surface area contributed by atoms with Crippen molar-refractivity contribution in [1.82, 2.24) is 10.6 Å². The van der Waals surface area contributed by atoms with E-state index in [1.807, 2.05) is 6.92 Å². The topological polar surface area (TPSA) is 148 Å². The molecule has 0 bridgehead atoms. The van der Waals surface area contributed by atoms with Gasteiger partial charge in [-0.25, -0.2) is 4.79 Å². The molecule has 3 amide bonds. The summed E-state index contributed by atoms with van der Waals surface area (Å²) in [6.07, 6.45) is -0.855. The van der Waals surface area contributed by atoms with Crippen LogP contribution in [0.5, 0.6) is 0 Å². The zero-order valence-electron chi connectivity index (χ0n) is 14.7. The molecule has 5 N–H and O–H groups in total. The lowest BCUT2D eigenvalue weighted by molar-refractivity contribution is -0.140. The standard InChI is InChI=1S/C15H27N3O6/c1-6-8(2)11(18-14(23)24-15(3,4)5)13(22)17-9(12(16)21)7-10(19)20/h8-9,11H,6-7H2,1-5H3,(H2,16,21)(H,17,22)(H,18,23)(H,19,20)/t8-,9-,11-/m0/s1. The van der Waals surface area contributed by atoms with Gasteiger partial charge in [0.2, 0.25) is 11.8 Å². The Kier molecular flexibility index (Phi) is 8.21. The van der Waals surface area contributed by atoms with Crippen LogP contribution in [0.3, 0.4) is 0 Å². The van der Waals surface area contributed by atoms with Crippen LogP contribution in [-0.2, 0) is 19.1 Å². The first-order valence-electron chi connectivity index (χ1n) is 7.68. The van der Waals surface area contributed by atoms with E-state index in [1.165, 1.54) is 0 Å². The maximum absolute atomic E-state index is 12.4. The normalized spacial score (nSPS) is 14.9. The summed E-state index contributed by atoms with van der Waals surface area (Å²) >= 11 is 0. The van der Waals surface area contributed by atoms with Crippen molar-refractivity contribution in [1.29, 1.82) is 0 Å². The van der Waals surface area contributed by atoms with Gasteiger partial charge in [-0.15, -0.1) is 0 Å². The number of carboxylic acids is 1. The van der Waals surface area contributed by atoms with Gasteiger partial charge in [0.1, 0.15) is 17.7 Å². The van der Waals surface area contributed by atoms with Crippen molar-refractivity contribution in [2.45, 2.75) is 65.1 Å². The highest BCUT2D eigenvalue weighted by atomic mass is 16.6. The number of hydrogen-bond acceptors (Lipinski definition) is 5. The molecule has 0 fully saturated rings. The fraction of sp³-hybridized carbons (Fsp3) is 0.733. The average Bonchev–Trinajstić information content (AvgIpc) is 2.40. The Morgan fingerprint density at radius 1 is 1.17 bits per heavy atom. The first-order valence-corrected chi connectivity index (χ1v) is 7.68. The zero-order valence-corrected chi connectivity index (χ0v) is 14.7. The van der Waals surface area contributed by atoms with Gasteiger partial charge in [0.05, 0.1) is 6.42 Å². The molecule has 0 aromatic rings. The Balaban J connectivity index is 5.09. The number of alkyl carbamates (subject to hydrolysis) is 1. The van der Waals surface area contributed by atoms with Crippen LogP contribution in [-0.4, -0.2) is 46.7 Å². The van der Waals surface area contributed by atoms with Crippen molar-refractivity contribution < 1.29 is 29.0 Å². The van der Waals surface area contributed by atoms with E-state index in [0.29, 0.717) is 6.42 Å². The van der Waals surface area contributed by atoms with Gasteiger partial charge in [-0.1, -0.05) is 20.3 Å². The molecule has 138 valence electrons. The second-order valence-corrected chi connectivity index (χ2v) is 6.57. The lowest BCUT2D eigenvalue weighted by atomic mass is 9.98. The van der Waals surface area contributed by atoms with Crippen molar-refractivity contribution in [2.75, 3.05) is 0 Å². The molecule has 0 rings (SSSR count). The maximum atomic E-state index is 12.4. The van der Waals surface area contributed by atoms with Crippen molar-refractivity contribution in [3.8, 4) is 0 Å². The van der Waals surface area contributed by atoms with Crippen LogP contribution < -0.4 is 16.4 Å². The zero-order chi connectivity index (χ0) is 19.1. The smallest absolute Gasteiger partial charge is 0.408 e. The molecule has 0 aliphatic carbocycles. The molecule has 0 saturated heterocycles. The molecule has 3 atom stereocenters. The van der Waals surface area contributed by atoms with Crippen molar-refractivity contribution in [2.24, 2.45) is 11.7 Å². The van der Waals surface area contributed by atoms with E-state index in [-0.39, 0.29) is 5.92 Å². The second kappa shape index (κ2) is 9.09. The third kappa shape index (κ3) is 8.35. The van der Waals surface area contributed by atoms with E-state index < -0.39 is 48.0 Å². The predicted molar refractivity (Wildman–Crippen MR) is 86.0 cm³/mol. The summed E-state index contributed by atoms with van der Waals surface area (Å²) in [5.41, 5.74) is 4.36. The lowest BCUT2D eigenvalue weighted by Crippen LogP contribution is -2.56. The minimum atomic E-state index is -1.36. The quantitative estimate of drug-likeness (QED) is 0.499. The van der Waals surface area contributed by atoms with Gasteiger partial charge < -0.3 is 26.2 Å². The molecule has 0 spiro atoms. The molecule has 0 unspecified atom stereocenters. The minimum Gasteiger partial charge on any atom is -0.481 e. The molecular formula is C15H27N3O6. The van der Waals surface area contributed by atoms with E-state index in [0.717, 1.165) is 0 Å². The van der Waals surface area contributed by atoms with Gasteiger partial charge >= 0.3 is 12.1 Å². The molecule has 0 radical (unpaired) electrons. The van der Waals surface area contributed by atoms with Gasteiger partial charge in [-0.05, 0) is 26.7 Å². The van der Waals surface area contributed by atoms with Gasteiger partial charge in [0, 0.05) is 0 Å². The molecule has 0 aliphatic heterocycles. The van der Waals surface area contributed by atoms with Crippen LogP contribution >= 0.6 is 0 Å². The Labute approximate surface area is 141 Å². The minimum absolute atomic E-state index is 0.268. The molecule has 0 heterocycles. The van der Waals surface area contributed by atoms with Crippen LogP contribution in [0.1, 0.15) is 47.5 Å². The first-order chi connectivity index (χ1) is 10.9.